The molecule has 0 spiro atoms. The molecule has 5 nitrogen and oxygen atoms in total. The summed E-state index contributed by atoms with van der Waals surface area (Å²) < 4.78 is 6.01. The lowest BCUT2D eigenvalue weighted by molar-refractivity contribution is -0.116. The summed E-state index contributed by atoms with van der Waals surface area (Å²) in [5.41, 5.74) is 8.88. The van der Waals surface area contributed by atoms with E-state index in [2.05, 4.69) is 12.2 Å². The Morgan fingerprint density at radius 3 is 2.35 bits per heavy atom. The van der Waals surface area contributed by atoms with Crippen molar-refractivity contribution >= 4 is 28.2 Å². The number of nitrogens with two attached hydrogens (primary N) is 1. The molecule has 0 unspecified atom stereocenters. The predicted octanol–water partition coefficient (Wildman–Crippen LogP) is 5.24. The molecule has 158 valence electrons. The molecule has 5 rings (SSSR count). The van der Waals surface area contributed by atoms with Gasteiger partial charge >= 0.3 is 0 Å². The molecule has 2 aromatic carbocycles. The number of anilines is 1. The zero-order valence-electron chi connectivity index (χ0n) is 17.3. The van der Waals surface area contributed by atoms with E-state index in [9.17, 15) is 9.59 Å². The molecule has 3 aromatic rings. The monoisotopic (exact) mass is 432 g/mol. The molecule has 2 aliphatic rings. The first-order valence-electron chi connectivity index (χ1n) is 10.7. The quantitative estimate of drug-likeness (QED) is 0.592. The Kier molecular flexibility index (Phi) is 5.02. The van der Waals surface area contributed by atoms with Crippen LogP contribution in [0.3, 0.4) is 0 Å². The Balaban J connectivity index is 1.53. The highest BCUT2D eigenvalue weighted by molar-refractivity contribution is 7.17. The fraction of sp³-hybridized carbons (Fsp3) is 0.280. The molecule has 1 aromatic heterocycles. The minimum atomic E-state index is -0.524. The van der Waals surface area contributed by atoms with E-state index in [1.54, 1.807) is 0 Å². The molecule has 2 heterocycles. The van der Waals surface area contributed by atoms with Gasteiger partial charge in [0.1, 0.15) is 16.5 Å². The second kappa shape index (κ2) is 7.85. The summed E-state index contributed by atoms with van der Waals surface area (Å²) in [6, 6.07) is 15.2. The van der Waals surface area contributed by atoms with Gasteiger partial charge in [0.15, 0.2) is 0 Å². The second-order valence-electron chi connectivity index (χ2n) is 8.19. The van der Waals surface area contributed by atoms with Crippen LogP contribution >= 0.6 is 11.3 Å². The molecule has 0 saturated carbocycles. The van der Waals surface area contributed by atoms with Crippen molar-refractivity contribution in [3.05, 3.63) is 75.7 Å². The second-order valence-corrected chi connectivity index (χ2v) is 9.29. The van der Waals surface area contributed by atoms with Gasteiger partial charge in [-0.25, -0.2) is 0 Å². The zero-order chi connectivity index (χ0) is 21.5. The van der Waals surface area contributed by atoms with E-state index in [1.807, 2.05) is 48.5 Å². The summed E-state index contributed by atoms with van der Waals surface area (Å²) in [6.07, 6.45) is 3.94. The van der Waals surface area contributed by atoms with Crippen molar-refractivity contribution in [3.8, 4) is 11.5 Å². The number of fused-ring (bicyclic) bond motifs is 3. The normalized spacial score (nSPS) is 17.1. The largest absolute Gasteiger partial charge is 0.457 e. The number of carbonyl (C=O) groups excluding carboxylic acids is 2. The van der Waals surface area contributed by atoms with Gasteiger partial charge in [0.05, 0.1) is 11.5 Å². The molecular weight excluding hydrogens is 408 g/mol. The van der Waals surface area contributed by atoms with Crippen LogP contribution in [0.2, 0.25) is 0 Å². The summed E-state index contributed by atoms with van der Waals surface area (Å²) in [7, 11) is 0. The standard InChI is InChI=1S/C25H24N2O3S/c1-2-14-11-12-17-20(13-14)31-25(22(17)23(26)28)27-24(29)21-15-7-3-5-9-18(15)30-19-10-6-4-8-16(19)21/h3-10,14,21H,2,11-13H2,1H3,(H2,26,28)(H,27,29)/t14-/m0/s1. The number of ether oxygens (including phenoxy) is 1. The van der Waals surface area contributed by atoms with E-state index in [4.69, 9.17) is 10.5 Å². The Labute approximate surface area is 185 Å². The Bertz CT molecular complexity index is 1140. The summed E-state index contributed by atoms with van der Waals surface area (Å²) in [5.74, 6) is 0.779. The van der Waals surface area contributed by atoms with E-state index in [0.29, 0.717) is 28.0 Å². The summed E-state index contributed by atoms with van der Waals surface area (Å²) in [5, 5.41) is 3.63. The van der Waals surface area contributed by atoms with E-state index in [0.717, 1.165) is 42.4 Å². The summed E-state index contributed by atoms with van der Waals surface area (Å²) in [6.45, 7) is 2.20. The first kappa shape index (κ1) is 19.8. The fourth-order valence-corrected chi connectivity index (χ4v) is 6.10. The van der Waals surface area contributed by atoms with Gasteiger partial charge in [-0.3, -0.25) is 9.59 Å². The molecule has 0 bridgehead atoms. The highest BCUT2D eigenvalue weighted by atomic mass is 32.1. The molecule has 1 atom stereocenters. The average molecular weight is 433 g/mol. The van der Waals surface area contributed by atoms with Crippen LogP contribution in [0.1, 0.15) is 57.6 Å². The van der Waals surface area contributed by atoms with Crippen LogP contribution in [-0.4, -0.2) is 11.8 Å². The van der Waals surface area contributed by atoms with Crippen LogP contribution in [0.15, 0.2) is 48.5 Å². The third kappa shape index (κ3) is 3.41. The Morgan fingerprint density at radius 1 is 1.10 bits per heavy atom. The van der Waals surface area contributed by atoms with Gasteiger partial charge in [0.2, 0.25) is 5.91 Å². The van der Waals surface area contributed by atoms with Crippen molar-refractivity contribution in [1.82, 2.24) is 0 Å². The highest BCUT2D eigenvalue weighted by Gasteiger charge is 2.34. The molecular formula is C25H24N2O3S. The number of primary amides is 1. The van der Waals surface area contributed by atoms with Crippen molar-refractivity contribution in [2.75, 3.05) is 5.32 Å². The van der Waals surface area contributed by atoms with E-state index in [-0.39, 0.29) is 5.91 Å². The van der Waals surface area contributed by atoms with Crippen LogP contribution in [0.5, 0.6) is 11.5 Å². The average Bonchev–Trinajstić information content (AvgIpc) is 3.14. The van der Waals surface area contributed by atoms with Crippen LogP contribution < -0.4 is 15.8 Å². The van der Waals surface area contributed by atoms with Gasteiger partial charge in [-0.1, -0.05) is 49.7 Å². The number of carbonyl (C=O) groups is 2. The first-order valence-corrected chi connectivity index (χ1v) is 11.5. The maximum Gasteiger partial charge on any atom is 0.251 e. The number of hydrogen-bond acceptors (Lipinski definition) is 4. The van der Waals surface area contributed by atoms with E-state index in [1.165, 1.54) is 16.2 Å². The van der Waals surface area contributed by atoms with Gasteiger partial charge in [0, 0.05) is 16.0 Å². The molecule has 1 aliphatic heterocycles. The summed E-state index contributed by atoms with van der Waals surface area (Å²) >= 11 is 1.50. The van der Waals surface area contributed by atoms with Crippen molar-refractivity contribution in [3.63, 3.8) is 0 Å². The van der Waals surface area contributed by atoms with Crippen LogP contribution in [0, 0.1) is 5.92 Å². The number of benzene rings is 2. The third-order valence-corrected chi connectivity index (χ3v) is 7.54. The Hall–Kier alpha value is -3.12. The molecule has 6 heteroatoms. The molecule has 0 fully saturated rings. The van der Waals surface area contributed by atoms with Gasteiger partial charge in [-0.05, 0) is 42.9 Å². The van der Waals surface area contributed by atoms with Crippen molar-refractivity contribution < 1.29 is 14.3 Å². The maximum atomic E-state index is 13.6. The van der Waals surface area contributed by atoms with E-state index < -0.39 is 11.8 Å². The number of thiophene rings is 1. The SMILES string of the molecule is CC[C@H]1CCc2c(sc(NC(=O)C3c4ccccc4Oc4ccccc43)c2C(N)=O)C1. The lowest BCUT2D eigenvalue weighted by Crippen LogP contribution is -2.26. The number of hydrogen-bond donors (Lipinski definition) is 2. The van der Waals surface area contributed by atoms with Gasteiger partial charge in [0.25, 0.3) is 5.91 Å². The van der Waals surface area contributed by atoms with Crippen LogP contribution in [0.4, 0.5) is 5.00 Å². The number of amides is 2. The third-order valence-electron chi connectivity index (χ3n) is 6.37. The van der Waals surface area contributed by atoms with Crippen LogP contribution in [0.25, 0.3) is 0 Å². The Morgan fingerprint density at radius 2 is 1.74 bits per heavy atom. The van der Waals surface area contributed by atoms with Crippen molar-refractivity contribution in [2.24, 2.45) is 11.7 Å². The van der Waals surface area contributed by atoms with Crippen LogP contribution in [-0.2, 0) is 17.6 Å². The predicted molar refractivity (Wildman–Crippen MR) is 122 cm³/mol. The lowest BCUT2D eigenvalue weighted by Gasteiger charge is -2.27. The summed E-state index contributed by atoms with van der Waals surface area (Å²) in [4.78, 5) is 27.1. The van der Waals surface area contributed by atoms with Gasteiger partial charge in [-0.15, -0.1) is 11.3 Å². The van der Waals surface area contributed by atoms with Crippen molar-refractivity contribution in [2.45, 2.75) is 38.5 Å². The molecule has 0 radical (unpaired) electrons. The van der Waals surface area contributed by atoms with Gasteiger partial charge < -0.3 is 15.8 Å². The lowest BCUT2D eigenvalue weighted by atomic mass is 9.85. The fourth-order valence-electron chi connectivity index (χ4n) is 4.73. The first-order chi connectivity index (χ1) is 15.1. The maximum absolute atomic E-state index is 13.6. The number of nitrogens with one attached hydrogen (secondary N) is 1. The minimum Gasteiger partial charge on any atom is -0.457 e. The van der Waals surface area contributed by atoms with Crippen molar-refractivity contribution in [1.29, 1.82) is 0 Å². The minimum absolute atomic E-state index is 0.184. The van der Waals surface area contributed by atoms with E-state index >= 15 is 0 Å². The highest BCUT2D eigenvalue weighted by Crippen LogP contribution is 2.45. The molecule has 0 saturated heterocycles. The number of rotatable bonds is 4. The molecule has 3 N–H and O–H groups in total. The number of para-hydroxylation sites is 2. The zero-order valence-corrected chi connectivity index (χ0v) is 18.1. The smallest absolute Gasteiger partial charge is 0.251 e. The molecule has 2 amide bonds. The molecule has 1 aliphatic carbocycles. The van der Waals surface area contributed by atoms with Gasteiger partial charge in [-0.2, -0.15) is 0 Å². The molecule has 31 heavy (non-hydrogen) atoms. The topological polar surface area (TPSA) is 81.4 Å².